The number of carboxylic acid groups (broad SMARTS) is 1. The van der Waals surface area contributed by atoms with Crippen LogP contribution < -0.4 is 0 Å². The number of hydrogen-bond acceptors (Lipinski definition) is 8. The Morgan fingerprint density at radius 3 is 2.00 bits per heavy atom. The topological polar surface area (TPSA) is 205 Å². The van der Waals surface area contributed by atoms with Crippen LogP contribution in [0.1, 0.15) is 16.2 Å². The molecule has 0 atom stereocenters. The number of nitriles is 1. The summed E-state index contributed by atoms with van der Waals surface area (Å²) in [7, 11) is 0. The molecule has 0 bridgehead atoms. The predicted molar refractivity (Wildman–Crippen MR) is 97.2 cm³/mol. The minimum atomic E-state index is -1.17. The second-order valence-corrected chi connectivity index (χ2v) is 5.54. The van der Waals surface area contributed by atoms with Crippen LogP contribution in [0.3, 0.4) is 0 Å². The Hall–Kier alpha value is -4.86. The lowest BCUT2D eigenvalue weighted by Gasteiger charge is -1.91. The fourth-order valence-electron chi connectivity index (χ4n) is 2.49. The van der Waals surface area contributed by atoms with Gasteiger partial charge in [-0.05, 0) is 12.1 Å². The molecule has 4 rings (SSSR count). The van der Waals surface area contributed by atoms with Crippen molar-refractivity contribution in [1.29, 1.82) is 5.26 Å². The molecule has 0 amide bonds. The molecule has 0 radical (unpaired) electrons. The third-order valence-electron chi connectivity index (χ3n) is 3.82. The summed E-state index contributed by atoms with van der Waals surface area (Å²) in [5, 5.41) is 51.4. The second-order valence-electron chi connectivity index (χ2n) is 5.54. The maximum atomic E-state index is 10.7. The molecule has 0 aliphatic carbocycles. The Balaban J connectivity index is 0.000000166. The molecule has 0 aliphatic rings. The fraction of sp³-hybridized carbons (Fsp3) is 0. The number of hydrogen-bond donors (Lipinski definition) is 3. The average molecular weight is 395 g/mol. The zero-order valence-corrected chi connectivity index (χ0v) is 14.2. The van der Waals surface area contributed by atoms with Gasteiger partial charge in [0.1, 0.15) is 6.07 Å². The van der Waals surface area contributed by atoms with Crippen LogP contribution in [-0.4, -0.2) is 41.3 Å². The second kappa shape index (κ2) is 7.40. The van der Waals surface area contributed by atoms with E-state index < -0.39 is 15.8 Å². The lowest BCUT2D eigenvalue weighted by Crippen LogP contribution is -1.96. The first-order chi connectivity index (χ1) is 13.8. The predicted octanol–water partition coefficient (Wildman–Crippen LogP) is 2.51. The highest BCUT2D eigenvalue weighted by Crippen LogP contribution is 2.22. The highest BCUT2D eigenvalue weighted by atomic mass is 16.6. The van der Waals surface area contributed by atoms with E-state index in [1.807, 2.05) is 6.07 Å². The maximum Gasteiger partial charge on any atom is 0.357 e. The lowest BCUT2D eigenvalue weighted by molar-refractivity contribution is -0.384. The number of H-pyrrole nitrogens is 2. The Kier molecular flexibility index (Phi) is 4.83. The molecule has 0 fully saturated rings. The molecule has 144 valence electrons. The zero-order valence-electron chi connectivity index (χ0n) is 14.2. The highest BCUT2D eigenvalue weighted by Gasteiger charge is 2.15. The molecule has 3 N–H and O–H groups in total. The number of non-ortho nitro benzene ring substituents is 2. The number of carbonyl (C=O) groups is 1. The van der Waals surface area contributed by atoms with E-state index in [-0.39, 0.29) is 22.8 Å². The average Bonchev–Trinajstić information content (AvgIpc) is 3.31. The number of nitrogens with one attached hydrogen (secondary N) is 2. The van der Waals surface area contributed by atoms with Crippen molar-refractivity contribution in [2.45, 2.75) is 0 Å². The molecule has 0 saturated heterocycles. The van der Waals surface area contributed by atoms with Crippen molar-refractivity contribution in [3.8, 4) is 6.07 Å². The molecule has 0 saturated carbocycles. The van der Waals surface area contributed by atoms with Gasteiger partial charge in [0.25, 0.3) is 11.4 Å². The normalized spacial score (nSPS) is 10.2. The van der Waals surface area contributed by atoms with Gasteiger partial charge in [0.05, 0.1) is 20.9 Å². The van der Waals surface area contributed by atoms with Gasteiger partial charge in [-0.1, -0.05) is 0 Å². The van der Waals surface area contributed by atoms with Crippen LogP contribution in [0.2, 0.25) is 0 Å². The summed E-state index contributed by atoms with van der Waals surface area (Å²) in [5.41, 5.74) is 0.806. The number of nitro groups is 2. The van der Waals surface area contributed by atoms with E-state index in [0.29, 0.717) is 21.8 Å². The number of aromatic carboxylic acids is 1. The van der Waals surface area contributed by atoms with Crippen molar-refractivity contribution < 1.29 is 19.7 Å². The molecule has 0 spiro atoms. The third kappa shape index (κ3) is 3.66. The van der Waals surface area contributed by atoms with Gasteiger partial charge in [-0.2, -0.15) is 15.5 Å². The first kappa shape index (κ1) is 18.9. The summed E-state index contributed by atoms with van der Waals surface area (Å²) >= 11 is 0. The lowest BCUT2D eigenvalue weighted by atomic mass is 10.2. The summed E-state index contributed by atoms with van der Waals surface area (Å²) in [6, 6.07) is 9.94. The first-order valence-electron chi connectivity index (χ1n) is 7.70. The number of nitro benzene ring substituents is 2. The molecule has 2 aromatic carbocycles. The van der Waals surface area contributed by atoms with E-state index in [1.54, 1.807) is 0 Å². The van der Waals surface area contributed by atoms with Crippen molar-refractivity contribution in [2.24, 2.45) is 0 Å². The van der Waals surface area contributed by atoms with Crippen LogP contribution in [0.5, 0.6) is 0 Å². The number of aromatic amines is 2. The van der Waals surface area contributed by atoms with Gasteiger partial charge in [-0.25, -0.2) is 4.79 Å². The Labute approximate surface area is 159 Å². The zero-order chi connectivity index (χ0) is 21.1. The fourth-order valence-corrected chi connectivity index (χ4v) is 2.49. The number of benzene rings is 2. The van der Waals surface area contributed by atoms with Crippen LogP contribution >= 0.6 is 0 Å². The summed E-state index contributed by atoms with van der Waals surface area (Å²) in [6.45, 7) is 0. The van der Waals surface area contributed by atoms with Crippen LogP contribution in [-0.2, 0) is 0 Å². The molecule has 0 aliphatic heterocycles. The molecule has 2 heterocycles. The summed E-state index contributed by atoms with van der Waals surface area (Å²) in [5.74, 6) is -1.17. The van der Waals surface area contributed by atoms with Crippen LogP contribution in [0.25, 0.3) is 21.8 Å². The number of nitrogens with zero attached hydrogens (tertiary/aromatic N) is 5. The Morgan fingerprint density at radius 2 is 1.48 bits per heavy atom. The van der Waals surface area contributed by atoms with Gasteiger partial charge >= 0.3 is 5.97 Å². The molecule has 4 aromatic rings. The van der Waals surface area contributed by atoms with Gasteiger partial charge in [-0.3, -0.25) is 30.4 Å². The monoisotopic (exact) mass is 395 g/mol. The van der Waals surface area contributed by atoms with E-state index in [9.17, 15) is 25.0 Å². The van der Waals surface area contributed by atoms with Gasteiger partial charge in [0, 0.05) is 35.0 Å². The van der Waals surface area contributed by atoms with Crippen LogP contribution in [0.4, 0.5) is 11.4 Å². The molecule has 0 unspecified atom stereocenters. The maximum absolute atomic E-state index is 10.7. The van der Waals surface area contributed by atoms with Crippen molar-refractivity contribution in [3.63, 3.8) is 0 Å². The van der Waals surface area contributed by atoms with Crippen molar-refractivity contribution in [3.05, 3.63) is 68.0 Å². The number of fused-ring (bicyclic) bond motifs is 2. The molecular formula is C16H9N7O6. The van der Waals surface area contributed by atoms with Crippen LogP contribution in [0, 0.1) is 31.6 Å². The van der Waals surface area contributed by atoms with Gasteiger partial charge in [0.2, 0.25) is 0 Å². The highest BCUT2D eigenvalue weighted by molar-refractivity contribution is 6.01. The summed E-state index contributed by atoms with van der Waals surface area (Å²) in [6.07, 6.45) is 0. The smallest absolute Gasteiger partial charge is 0.357 e. The summed E-state index contributed by atoms with van der Waals surface area (Å²) in [4.78, 5) is 30.5. The van der Waals surface area contributed by atoms with E-state index in [0.717, 1.165) is 0 Å². The minimum absolute atomic E-state index is 0.0226. The van der Waals surface area contributed by atoms with Crippen LogP contribution in [0.15, 0.2) is 36.4 Å². The minimum Gasteiger partial charge on any atom is -0.476 e. The van der Waals surface area contributed by atoms with Crippen molar-refractivity contribution >= 4 is 39.1 Å². The van der Waals surface area contributed by atoms with Gasteiger partial charge in [0.15, 0.2) is 11.4 Å². The van der Waals surface area contributed by atoms with E-state index >= 15 is 0 Å². The number of carboxylic acids is 1. The summed E-state index contributed by atoms with van der Waals surface area (Å²) < 4.78 is 0. The first-order valence-corrected chi connectivity index (χ1v) is 7.70. The number of rotatable bonds is 3. The molecule has 13 heteroatoms. The van der Waals surface area contributed by atoms with E-state index in [4.69, 9.17) is 10.4 Å². The largest absolute Gasteiger partial charge is 0.476 e. The van der Waals surface area contributed by atoms with Crippen molar-refractivity contribution in [1.82, 2.24) is 20.4 Å². The quantitative estimate of drug-likeness (QED) is 0.343. The SMILES string of the molecule is N#Cc1n[nH]c2cc([N+](=O)[O-])ccc12.O=C(O)c1n[nH]c2cc([N+](=O)[O-])ccc12. The third-order valence-corrected chi connectivity index (χ3v) is 3.82. The molecule has 2 aromatic heterocycles. The Bertz CT molecular complexity index is 1320. The van der Waals surface area contributed by atoms with Crippen molar-refractivity contribution in [2.75, 3.05) is 0 Å². The molecule has 13 nitrogen and oxygen atoms in total. The molecular weight excluding hydrogens is 386 g/mol. The van der Waals surface area contributed by atoms with E-state index in [2.05, 4.69) is 20.4 Å². The number of aromatic nitrogens is 4. The van der Waals surface area contributed by atoms with Gasteiger partial charge < -0.3 is 5.11 Å². The van der Waals surface area contributed by atoms with Gasteiger partial charge in [-0.15, -0.1) is 0 Å². The standard InChI is InChI=1S/C8H4N4O2.C8H5N3O4/c9-4-8-6-2-1-5(12(13)14)3-7(6)10-11-8;12-8(13)7-5-2-1-4(11(14)15)3-6(5)9-10-7/h1-3H,(H,10,11);1-3H,(H,9,10)(H,12,13). The molecule has 29 heavy (non-hydrogen) atoms. The Morgan fingerprint density at radius 1 is 0.966 bits per heavy atom. The van der Waals surface area contributed by atoms with E-state index in [1.165, 1.54) is 36.4 Å².